The highest BCUT2D eigenvalue weighted by Crippen LogP contribution is 2.64. The lowest BCUT2D eigenvalue weighted by Gasteiger charge is -2.59. The molecule has 2 heteroatoms. The molecule has 0 aromatic rings. The average Bonchev–Trinajstić information content (AvgIpc) is 2.83. The lowest BCUT2D eigenvalue weighted by molar-refractivity contribution is -0.140. The molecule has 0 radical (unpaired) electrons. The Hall–Kier alpha value is -0.370. The van der Waals surface area contributed by atoms with E-state index in [-0.39, 0.29) is 11.5 Å². The Bertz CT molecular complexity index is 459. The summed E-state index contributed by atoms with van der Waals surface area (Å²) >= 11 is 0. The summed E-state index contributed by atoms with van der Waals surface area (Å²) in [6.07, 6.45) is 10.2. The molecule has 7 atom stereocenters. The first-order chi connectivity index (χ1) is 10.9. The number of hydrogen-bond donors (Lipinski definition) is 1. The summed E-state index contributed by atoms with van der Waals surface area (Å²) in [6, 6.07) is 0. The van der Waals surface area contributed by atoms with Gasteiger partial charge in [-0.05, 0) is 80.5 Å². The Labute approximate surface area is 142 Å². The van der Waals surface area contributed by atoms with Crippen molar-refractivity contribution in [3.8, 4) is 0 Å². The summed E-state index contributed by atoms with van der Waals surface area (Å²) < 4.78 is 0. The van der Waals surface area contributed by atoms with Crippen LogP contribution in [-0.4, -0.2) is 17.0 Å². The van der Waals surface area contributed by atoms with Gasteiger partial charge in [0, 0.05) is 11.8 Å². The molecule has 4 fully saturated rings. The summed E-state index contributed by atoms with van der Waals surface area (Å²) in [5.41, 5.74) is 0.452. The molecule has 0 aliphatic heterocycles. The van der Waals surface area contributed by atoms with E-state index in [2.05, 4.69) is 13.8 Å². The third kappa shape index (κ3) is 2.60. The van der Waals surface area contributed by atoms with Crippen molar-refractivity contribution in [1.82, 2.24) is 0 Å². The molecule has 0 unspecified atom stereocenters. The SMILES string of the molecule is CC.C[C@@]12CC[C@H](O)C[C@H]1CC[C@@H]1C[C@]3(C)C(=O)CC[C@H]3C[C@H]12. The van der Waals surface area contributed by atoms with Gasteiger partial charge in [0.25, 0.3) is 0 Å². The summed E-state index contributed by atoms with van der Waals surface area (Å²) in [7, 11) is 0. The molecule has 4 saturated carbocycles. The highest BCUT2D eigenvalue weighted by molar-refractivity contribution is 5.87. The molecular formula is C21H36O2. The van der Waals surface area contributed by atoms with Gasteiger partial charge in [-0.25, -0.2) is 0 Å². The molecule has 2 nitrogen and oxygen atoms in total. The van der Waals surface area contributed by atoms with Crippen LogP contribution in [0.5, 0.6) is 0 Å². The number of carbonyl (C=O) groups excluding carboxylic acids is 1. The van der Waals surface area contributed by atoms with E-state index in [1.165, 1.54) is 25.7 Å². The Morgan fingerprint density at radius 2 is 1.74 bits per heavy atom. The summed E-state index contributed by atoms with van der Waals surface area (Å²) in [6.45, 7) is 8.78. The molecule has 4 aliphatic carbocycles. The van der Waals surface area contributed by atoms with Crippen molar-refractivity contribution in [2.45, 2.75) is 91.6 Å². The molecular weight excluding hydrogens is 284 g/mol. The van der Waals surface area contributed by atoms with Gasteiger partial charge in [0.05, 0.1) is 6.10 Å². The number of hydrogen-bond acceptors (Lipinski definition) is 2. The molecule has 1 N–H and O–H groups in total. The second kappa shape index (κ2) is 6.17. The average molecular weight is 321 g/mol. The monoisotopic (exact) mass is 320 g/mol. The van der Waals surface area contributed by atoms with E-state index in [0.29, 0.717) is 17.1 Å². The summed E-state index contributed by atoms with van der Waals surface area (Å²) in [4.78, 5) is 12.4. The number of carbonyl (C=O) groups is 1. The number of rotatable bonds is 0. The zero-order valence-electron chi connectivity index (χ0n) is 15.6. The summed E-state index contributed by atoms with van der Waals surface area (Å²) in [5.74, 6) is 3.51. The molecule has 0 bridgehead atoms. The van der Waals surface area contributed by atoms with Gasteiger partial charge in [0.15, 0.2) is 0 Å². The smallest absolute Gasteiger partial charge is 0.139 e. The number of fused-ring (bicyclic) bond motifs is 4. The molecule has 0 aromatic carbocycles. The number of aliphatic hydroxyl groups excluding tert-OH is 1. The first-order valence-corrected chi connectivity index (χ1v) is 10.1. The lowest BCUT2D eigenvalue weighted by atomic mass is 9.46. The van der Waals surface area contributed by atoms with Crippen LogP contribution in [0.4, 0.5) is 0 Å². The van der Waals surface area contributed by atoms with Crippen molar-refractivity contribution in [2.75, 3.05) is 0 Å². The molecule has 4 rings (SSSR count). The van der Waals surface area contributed by atoms with Gasteiger partial charge in [0.1, 0.15) is 5.78 Å². The van der Waals surface area contributed by atoms with E-state index in [4.69, 9.17) is 0 Å². The minimum Gasteiger partial charge on any atom is -0.393 e. The third-order valence-corrected chi connectivity index (χ3v) is 8.29. The van der Waals surface area contributed by atoms with Crippen LogP contribution >= 0.6 is 0 Å². The maximum absolute atomic E-state index is 12.4. The van der Waals surface area contributed by atoms with E-state index in [9.17, 15) is 9.90 Å². The molecule has 132 valence electrons. The Balaban J connectivity index is 0.000000753. The van der Waals surface area contributed by atoms with Crippen molar-refractivity contribution < 1.29 is 9.90 Å². The van der Waals surface area contributed by atoms with Crippen LogP contribution in [0, 0.1) is 34.5 Å². The highest BCUT2D eigenvalue weighted by Gasteiger charge is 2.58. The zero-order chi connectivity index (χ0) is 16.8. The van der Waals surface area contributed by atoms with Crippen molar-refractivity contribution in [3.63, 3.8) is 0 Å². The second-order valence-electron chi connectivity index (χ2n) is 9.09. The number of ketones is 1. The first kappa shape index (κ1) is 17.5. The van der Waals surface area contributed by atoms with Crippen molar-refractivity contribution in [1.29, 1.82) is 0 Å². The van der Waals surface area contributed by atoms with Gasteiger partial charge >= 0.3 is 0 Å². The van der Waals surface area contributed by atoms with E-state index >= 15 is 0 Å². The Morgan fingerprint density at radius 1 is 1.00 bits per heavy atom. The van der Waals surface area contributed by atoms with Gasteiger partial charge in [-0.15, -0.1) is 0 Å². The fourth-order valence-electron chi connectivity index (χ4n) is 6.84. The number of aliphatic hydroxyl groups is 1. The molecule has 0 heterocycles. The first-order valence-electron chi connectivity index (χ1n) is 10.1. The van der Waals surface area contributed by atoms with Crippen molar-refractivity contribution >= 4 is 5.78 Å². The van der Waals surface area contributed by atoms with Crippen LogP contribution in [0.15, 0.2) is 0 Å². The van der Waals surface area contributed by atoms with Crippen LogP contribution in [0.1, 0.15) is 85.5 Å². The zero-order valence-corrected chi connectivity index (χ0v) is 15.6. The minimum atomic E-state index is -0.0541. The predicted octanol–water partition coefficient (Wildman–Crippen LogP) is 4.99. The van der Waals surface area contributed by atoms with E-state index < -0.39 is 0 Å². The number of Topliss-reactive ketones (excluding diaryl/α,β-unsaturated/α-hetero) is 1. The fraction of sp³-hybridized carbons (Fsp3) is 0.952. The largest absolute Gasteiger partial charge is 0.393 e. The normalized spacial score (nSPS) is 51.9. The molecule has 0 aromatic heterocycles. The molecule has 4 aliphatic rings. The van der Waals surface area contributed by atoms with Crippen LogP contribution < -0.4 is 0 Å². The molecule has 23 heavy (non-hydrogen) atoms. The molecule has 0 spiro atoms. The lowest BCUT2D eigenvalue weighted by Crippen LogP contribution is -2.53. The van der Waals surface area contributed by atoms with E-state index in [1.54, 1.807) is 0 Å². The molecule has 0 amide bonds. The third-order valence-electron chi connectivity index (χ3n) is 8.29. The quantitative estimate of drug-likeness (QED) is 0.683. The van der Waals surface area contributed by atoms with Gasteiger partial charge in [0.2, 0.25) is 0 Å². The Morgan fingerprint density at radius 3 is 2.48 bits per heavy atom. The fourth-order valence-corrected chi connectivity index (χ4v) is 6.84. The van der Waals surface area contributed by atoms with Gasteiger partial charge < -0.3 is 5.11 Å². The van der Waals surface area contributed by atoms with E-state index in [1.807, 2.05) is 13.8 Å². The van der Waals surface area contributed by atoms with E-state index in [0.717, 1.165) is 49.9 Å². The van der Waals surface area contributed by atoms with Crippen molar-refractivity contribution in [3.05, 3.63) is 0 Å². The van der Waals surface area contributed by atoms with Gasteiger partial charge in [-0.3, -0.25) is 4.79 Å². The minimum absolute atomic E-state index is 0.0124. The highest BCUT2D eigenvalue weighted by atomic mass is 16.3. The van der Waals surface area contributed by atoms with Crippen LogP contribution in [-0.2, 0) is 4.79 Å². The van der Waals surface area contributed by atoms with Crippen molar-refractivity contribution in [2.24, 2.45) is 34.5 Å². The Kier molecular flexibility index (Phi) is 4.68. The van der Waals surface area contributed by atoms with Crippen LogP contribution in [0.2, 0.25) is 0 Å². The standard InChI is InChI=1S/C19H30O2.C2H6/c1-18-8-7-15(20)9-13(18)4-3-12-11-19(2)14(10-16(12)18)5-6-17(19)21;1-2/h12-16,20H,3-11H2,1-2H3;1-2H3/t12-,13-,14+,15+,16-,18-,19+;/m1./s1. The summed E-state index contributed by atoms with van der Waals surface area (Å²) in [5, 5.41) is 10.0. The predicted molar refractivity (Wildman–Crippen MR) is 94.1 cm³/mol. The van der Waals surface area contributed by atoms with Crippen LogP contribution in [0.3, 0.4) is 0 Å². The maximum atomic E-state index is 12.4. The van der Waals surface area contributed by atoms with Gasteiger partial charge in [-0.1, -0.05) is 27.7 Å². The van der Waals surface area contributed by atoms with Gasteiger partial charge in [-0.2, -0.15) is 0 Å². The van der Waals surface area contributed by atoms with Crippen LogP contribution in [0.25, 0.3) is 0 Å². The topological polar surface area (TPSA) is 37.3 Å². The maximum Gasteiger partial charge on any atom is 0.139 e. The molecule has 0 saturated heterocycles. The second-order valence-corrected chi connectivity index (χ2v) is 9.09.